The zero-order valence-electron chi connectivity index (χ0n) is 18.4. The molecule has 2 amide bonds. The lowest BCUT2D eigenvalue weighted by atomic mass is 10.1. The molecule has 172 valence electrons. The smallest absolute Gasteiger partial charge is 0.410 e. The lowest BCUT2D eigenvalue weighted by Crippen LogP contribution is -2.51. The Kier molecular flexibility index (Phi) is 7.03. The van der Waals surface area contributed by atoms with E-state index in [1.54, 1.807) is 4.90 Å². The number of carbonyl (C=O) groups is 2. The SMILES string of the molecule is CC(C)(C)OC(=O)N1CCN(CCNC(=O)c2ccc(-n3cncn3)c([N+](=O)[O-])c2)CC1. The van der Waals surface area contributed by atoms with E-state index in [4.69, 9.17) is 4.74 Å². The zero-order valence-corrected chi connectivity index (χ0v) is 18.4. The summed E-state index contributed by atoms with van der Waals surface area (Å²) >= 11 is 0. The number of nitrogens with one attached hydrogen (secondary N) is 1. The largest absolute Gasteiger partial charge is 0.444 e. The van der Waals surface area contributed by atoms with Crippen LogP contribution in [0.3, 0.4) is 0 Å². The molecule has 1 saturated heterocycles. The lowest BCUT2D eigenvalue weighted by molar-refractivity contribution is -0.384. The molecule has 1 aromatic heterocycles. The van der Waals surface area contributed by atoms with Crippen molar-refractivity contribution in [2.45, 2.75) is 26.4 Å². The maximum Gasteiger partial charge on any atom is 0.410 e. The van der Waals surface area contributed by atoms with Crippen molar-refractivity contribution in [2.75, 3.05) is 39.3 Å². The summed E-state index contributed by atoms with van der Waals surface area (Å²) < 4.78 is 6.66. The van der Waals surface area contributed by atoms with Crippen molar-refractivity contribution in [2.24, 2.45) is 0 Å². The number of piperazine rings is 1. The molecule has 32 heavy (non-hydrogen) atoms. The van der Waals surface area contributed by atoms with Crippen molar-refractivity contribution < 1.29 is 19.2 Å². The predicted molar refractivity (Wildman–Crippen MR) is 115 cm³/mol. The van der Waals surface area contributed by atoms with E-state index < -0.39 is 16.4 Å². The quantitative estimate of drug-likeness (QED) is 0.521. The summed E-state index contributed by atoms with van der Waals surface area (Å²) in [5, 5.41) is 18.1. The van der Waals surface area contributed by atoms with Crippen LogP contribution in [0, 0.1) is 10.1 Å². The molecule has 1 aromatic carbocycles. The number of hydrogen-bond donors (Lipinski definition) is 1. The van der Waals surface area contributed by atoms with Gasteiger partial charge in [0.15, 0.2) is 0 Å². The molecular weight excluding hydrogens is 418 g/mol. The van der Waals surface area contributed by atoms with Gasteiger partial charge in [0.25, 0.3) is 11.6 Å². The van der Waals surface area contributed by atoms with E-state index in [9.17, 15) is 19.7 Å². The van der Waals surface area contributed by atoms with E-state index in [1.807, 2.05) is 20.8 Å². The third kappa shape index (κ3) is 6.00. The summed E-state index contributed by atoms with van der Waals surface area (Å²) in [6.45, 7) is 8.94. The average Bonchev–Trinajstić information content (AvgIpc) is 3.27. The Morgan fingerprint density at radius 1 is 1.22 bits per heavy atom. The number of nitrogens with zero attached hydrogens (tertiary/aromatic N) is 6. The second kappa shape index (κ2) is 9.73. The summed E-state index contributed by atoms with van der Waals surface area (Å²) in [6.07, 6.45) is 2.31. The second-order valence-corrected chi connectivity index (χ2v) is 8.37. The summed E-state index contributed by atoms with van der Waals surface area (Å²) in [5.74, 6) is -0.398. The van der Waals surface area contributed by atoms with Gasteiger partial charge in [-0.3, -0.25) is 19.8 Å². The molecule has 1 aliphatic heterocycles. The fourth-order valence-electron chi connectivity index (χ4n) is 3.25. The Bertz CT molecular complexity index is 963. The maximum absolute atomic E-state index is 12.5. The van der Waals surface area contributed by atoms with Crippen LogP contribution in [-0.4, -0.2) is 86.4 Å². The van der Waals surface area contributed by atoms with Gasteiger partial charge in [-0.25, -0.2) is 14.5 Å². The molecule has 0 unspecified atom stereocenters. The monoisotopic (exact) mass is 445 g/mol. The molecule has 12 nitrogen and oxygen atoms in total. The Hall–Kier alpha value is -3.54. The van der Waals surface area contributed by atoms with E-state index >= 15 is 0 Å². The van der Waals surface area contributed by atoms with Crippen LogP contribution in [0.2, 0.25) is 0 Å². The number of carbonyl (C=O) groups excluding carboxylic acids is 2. The molecule has 0 aliphatic carbocycles. The van der Waals surface area contributed by atoms with E-state index in [1.165, 1.54) is 35.5 Å². The van der Waals surface area contributed by atoms with Crippen molar-refractivity contribution in [1.82, 2.24) is 29.9 Å². The van der Waals surface area contributed by atoms with Crippen LogP contribution >= 0.6 is 0 Å². The highest BCUT2D eigenvalue weighted by Gasteiger charge is 2.26. The van der Waals surface area contributed by atoms with E-state index in [-0.39, 0.29) is 23.0 Å². The third-order valence-electron chi connectivity index (χ3n) is 4.84. The molecular formula is C20H27N7O5. The number of amides is 2. The predicted octanol–water partition coefficient (Wildman–Crippen LogP) is 1.46. The van der Waals surface area contributed by atoms with Gasteiger partial charge >= 0.3 is 6.09 Å². The summed E-state index contributed by atoms with van der Waals surface area (Å²) in [4.78, 5) is 43.1. The first kappa shape index (κ1) is 23.1. The van der Waals surface area contributed by atoms with Crippen LogP contribution in [0.15, 0.2) is 30.9 Å². The Balaban J connectivity index is 1.49. The van der Waals surface area contributed by atoms with E-state index in [2.05, 4.69) is 20.3 Å². The topological polar surface area (TPSA) is 136 Å². The molecule has 1 fully saturated rings. The first-order valence-corrected chi connectivity index (χ1v) is 10.3. The second-order valence-electron chi connectivity index (χ2n) is 8.37. The minimum atomic E-state index is -0.558. The Morgan fingerprint density at radius 2 is 1.94 bits per heavy atom. The van der Waals surface area contributed by atoms with Crippen LogP contribution in [0.4, 0.5) is 10.5 Å². The summed E-state index contributed by atoms with van der Waals surface area (Å²) in [7, 11) is 0. The van der Waals surface area contributed by atoms with Crippen LogP contribution < -0.4 is 5.32 Å². The van der Waals surface area contributed by atoms with Crippen molar-refractivity contribution in [3.05, 3.63) is 46.5 Å². The van der Waals surface area contributed by atoms with Crippen molar-refractivity contribution in [3.63, 3.8) is 0 Å². The Morgan fingerprint density at radius 3 is 2.53 bits per heavy atom. The fourth-order valence-corrected chi connectivity index (χ4v) is 3.25. The molecule has 2 aromatic rings. The van der Waals surface area contributed by atoms with Gasteiger partial charge in [-0.2, -0.15) is 5.10 Å². The molecule has 0 spiro atoms. The first-order chi connectivity index (χ1) is 15.1. The van der Waals surface area contributed by atoms with E-state index in [0.29, 0.717) is 39.3 Å². The molecule has 3 rings (SSSR count). The molecule has 2 heterocycles. The van der Waals surface area contributed by atoms with Crippen molar-refractivity contribution in [1.29, 1.82) is 0 Å². The molecule has 0 saturated carbocycles. The Labute approximate surface area is 185 Å². The highest BCUT2D eigenvalue weighted by molar-refractivity contribution is 5.95. The normalized spacial score (nSPS) is 14.8. The lowest BCUT2D eigenvalue weighted by Gasteiger charge is -2.35. The molecule has 0 bridgehead atoms. The molecule has 1 aliphatic rings. The minimum absolute atomic E-state index is 0.190. The highest BCUT2D eigenvalue weighted by atomic mass is 16.6. The first-order valence-electron chi connectivity index (χ1n) is 10.3. The van der Waals surface area contributed by atoms with Gasteiger partial charge in [0, 0.05) is 50.9 Å². The number of ether oxygens (including phenoxy) is 1. The minimum Gasteiger partial charge on any atom is -0.444 e. The van der Waals surface area contributed by atoms with Gasteiger partial charge in [-0.05, 0) is 32.9 Å². The highest BCUT2D eigenvalue weighted by Crippen LogP contribution is 2.23. The number of rotatable bonds is 6. The third-order valence-corrected chi connectivity index (χ3v) is 4.84. The average molecular weight is 445 g/mol. The number of hydrogen-bond acceptors (Lipinski definition) is 8. The van der Waals surface area contributed by atoms with Gasteiger partial charge in [0.2, 0.25) is 0 Å². The van der Waals surface area contributed by atoms with Crippen LogP contribution in [0.25, 0.3) is 5.69 Å². The van der Waals surface area contributed by atoms with Crippen molar-refractivity contribution in [3.8, 4) is 5.69 Å². The van der Waals surface area contributed by atoms with Gasteiger partial charge in [0.1, 0.15) is 23.9 Å². The van der Waals surface area contributed by atoms with Crippen LogP contribution in [-0.2, 0) is 4.74 Å². The standard InChI is InChI=1S/C20H27N7O5/c1-20(2,3)32-19(29)25-10-8-24(9-11-25)7-6-22-18(28)15-4-5-16(17(12-15)27(30)31)26-14-21-13-23-26/h4-5,12-14H,6-11H2,1-3H3,(H,22,28). The molecule has 0 radical (unpaired) electrons. The molecule has 12 heteroatoms. The van der Waals surface area contributed by atoms with E-state index in [0.717, 1.165) is 0 Å². The van der Waals surface area contributed by atoms with Gasteiger partial charge < -0.3 is 15.0 Å². The summed E-state index contributed by atoms with van der Waals surface area (Å²) in [6, 6.07) is 4.21. The number of benzene rings is 1. The van der Waals surface area contributed by atoms with Crippen LogP contribution in [0.1, 0.15) is 31.1 Å². The fraction of sp³-hybridized carbons (Fsp3) is 0.500. The van der Waals surface area contributed by atoms with Crippen molar-refractivity contribution >= 4 is 17.7 Å². The molecule has 1 N–H and O–H groups in total. The maximum atomic E-state index is 12.5. The molecule has 0 atom stereocenters. The van der Waals surface area contributed by atoms with Crippen LogP contribution in [0.5, 0.6) is 0 Å². The van der Waals surface area contributed by atoms with Gasteiger partial charge in [0.05, 0.1) is 4.92 Å². The number of nitro benzene ring substituents is 1. The summed E-state index contributed by atoms with van der Waals surface area (Å²) in [5.41, 5.74) is -0.343. The number of aromatic nitrogens is 3. The number of nitro groups is 1. The zero-order chi connectivity index (χ0) is 23.3. The van der Waals surface area contributed by atoms with Gasteiger partial charge in [-0.15, -0.1) is 0 Å². The van der Waals surface area contributed by atoms with Gasteiger partial charge in [-0.1, -0.05) is 0 Å².